The molecule has 18 heavy (non-hydrogen) atoms. The third kappa shape index (κ3) is 2.68. The van der Waals surface area contributed by atoms with Gasteiger partial charge in [0.05, 0.1) is 11.0 Å². The van der Waals surface area contributed by atoms with Crippen molar-refractivity contribution in [3.05, 3.63) is 39.2 Å². The molecule has 3 nitrogen and oxygen atoms in total. The quantitative estimate of drug-likeness (QED) is 0.557. The van der Waals surface area contributed by atoms with Crippen molar-refractivity contribution in [3.8, 4) is 0 Å². The third-order valence-electron chi connectivity index (χ3n) is 2.74. The van der Waals surface area contributed by atoms with E-state index in [2.05, 4.69) is 6.07 Å². The molecule has 1 aromatic carbocycles. The summed E-state index contributed by atoms with van der Waals surface area (Å²) >= 11 is 0. The first-order chi connectivity index (χ1) is 7.96. The van der Waals surface area contributed by atoms with Gasteiger partial charge in [0, 0.05) is 11.1 Å². The van der Waals surface area contributed by atoms with E-state index in [4.69, 9.17) is 0 Å². The van der Waals surface area contributed by atoms with E-state index in [1.54, 1.807) is 0 Å². The average Bonchev–Trinajstić information content (AvgIpc) is 2.13. The molecule has 0 bridgehead atoms. The van der Waals surface area contributed by atoms with E-state index in [0.717, 1.165) is 6.07 Å². The first-order valence-corrected chi connectivity index (χ1v) is 5.86. The van der Waals surface area contributed by atoms with E-state index in [1.807, 2.05) is 41.5 Å². The first kappa shape index (κ1) is 14.6. The summed E-state index contributed by atoms with van der Waals surface area (Å²) in [6, 6.07) is 3.51. The van der Waals surface area contributed by atoms with E-state index in [1.165, 1.54) is 0 Å². The van der Waals surface area contributed by atoms with Crippen molar-refractivity contribution >= 4 is 5.69 Å². The molecule has 0 aliphatic rings. The second-order valence-electron chi connectivity index (χ2n) is 6.49. The van der Waals surface area contributed by atoms with Gasteiger partial charge in [0.1, 0.15) is 5.82 Å². The third-order valence-corrected chi connectivity index (χ3v) is 2.74. The van der Waals surface area contributed by atoms with Crippen molar-refractivity contribution in [1.82, 2.24) is 0 Å². The molecule has 0 spiro atoms. The minimum Gasteiger partial charge on any atom is -0.258 e. The molecule has 1 radical (unpaired) electrons. The van der Waals surface area contributed by atoms with Crippen LogP contribution in [0.5, 0.6) is 0 Å². The SMILES string of the molecule is CC(C)(C)c1c([N+](=O)[O-])[c]cc(F)c1C(C)(C)C. The summed E-state index contributed by atoms with van der Waals surface area (Å²) in [5.41, 5.74) is -0.301. The predicted molar refractivity (Wildman–Crippen MR) is 69.3 cm³/mol. The molecular formula is C14H19FNO2. The highest BCUT2D eigenvalue weighted by Crippen LogP contribution is 2.40. The molecule has 0 N–H and O–H groups in total. The number of benzene rings is 1. The minimum absolute atomic E-state index is 0.131. The molecule has 0 aliphatic carbocycles. The normalized spacial score (nSPS) is 12.6. The van der Waals surface area contributed by atoms with Crippen molar-refractivity contribution in [2.24, 2.45) is 0 Å². The van der Waals surface area contributed by atoms with Crippen LogP contribution in [0.3, 0.4) is 0 Å². The van der Waals surface area contributed by atoms with Gasteiger partial charge in [-0.25, -0.2) is 4.39 Å². The van der Waals surface area contributed by atoms with Crippen molar-refractivity contribution in [2.75, 3.05) is 0 Å². The van der Waals surface area contributed by atoms with Crippen LogP contribution in [0.15, 0.2) is 6.07 Å². The highest BCUT2D eigenvalue weighted by atomic mass is 19.1. The molecular weight excluding hydrogens is 233 g/mol. The van der Waals surface area contributed by atoms with Crippen LogP contribution in [-0.2, 0) is 10.8 Å². The van der Waals surface area contributed by atoms with Gasteiger partial charge in [0.2, 0.25) is 0 Å². The van der Waals surface area contributed by atoms with Gasteiger partial charge in [-0.05, 0) is 16.9 Å². The van der Waals surface area contributed by atoms with Crippen molar-refractivity contribution < 1.29 is 9.31 Å². The largest absolute Gasteiger partial charge is 0.281 e. The topological polar surface area (TPSA) is 43.1 Å². The molecule has 99 valence electrons. The maximum atomic E-state index is 14.1. The van der Waals surface area contributed by atoms with E-state index in [-0.39, 0.29) is 5.69 Å². The van der Waals surface area contributed by atoms with Gasteiger partial charge in [-0.2, -0.15) is 0 Å². The number of hydrogen-bond acceptors (Lipinski definition) is 2. The van der Waals surface area contributed by atoms with Gasteiger partial charge < -0.3 is 0 Å². The van der Waals surface area contributed by atoms with Crippen LogP contribution in [0.1, 0.15) is 52.7 Å². The lowest BCUT2D eigenvalue weighted by Crippen LogP contribution is -2.25. The van der Waals surface area contributed by atoms with Crippen LogP contribution < -0.4 is 0 Å². The van der Waals surface area contributed by atoms with E-state index < -0.39 is 21.6 Å². The van der Waals surface area contributed by atoms with Crippen LogP contribution in [0, 0.1) is 22.0 Å². The van der Waals surface area contributed by atoms with Gasteiger partial charge >= 0.3 is 0 Å². The summed E-state index contributed by atoms with van der Waals surface area (Å²) in [6.45, 7) is 11.1. The molecule has 0 amide bonds. The number of hydrogen-bond donors (Lipinski definition) is 0. The fourth-order valence-corrected chi connectivity index (χ4v) is 2.12. The Hall–Kier alpha value is -1.45. The Labute approximate surface area is 107 Å². The highest BCUT2D eigenvalue weighted by molar-refractivity contribution is 5.51. The molecule has 0 fully saturated rings. The van der Waals surface area contributed by atoms with Crippen LogP contribution >= 0.6 is 0 Å². The van der Waals surface area contributed by atoms with Gasteiger partial charge in [0.25, 0.3) is 5.69 Å². The summed E-state index contributed by atoms with van der Waals surface area (Å²) in [5, 5.41) is 11.1. The molecule has 0 unspecified atom stereocenters. The van der Waals surface area contributed by atoms with E-state index >= 15 is 0 Å². The number of halogens is 1. The molecule has 1 aromatic rings. The zero-order valence-electron chi connectivity index (χ0n) is 11.7. The smallest absolute Gasteiger partial charge is 0.258 e. The zero-order valence-corrected chi connectivity index (χ0v) is 11.7. The minimum atomic E-state index is -0.510. The Morgan fingerprint density at radius 2 is 1.56 bits per heavy atom. The molecule has 1 rings (SSSR count). The van der Waals surface area contributed by atoms with Crippen LogP contribution in [0.4, 0.5) is 10.1 Å². The van der Waals surface area contributed by atoms with Crippen molar-refractivity contribution in [2.45, 2.75) is 52.4 Å². The average molecular weight is 252 g/mol. The lowest BCUT2D eigenvalue weighted by molar-refractivity contribution is -0.386. The number of nitrogens with zero attached hydrogens (tertiary/aromatic N) is 1. The van der Waals surface area contributed by atoms with Gasteiger partial charge in [-0.3, -0.25) is 10.1 Å². The number of nitro benzene ring substituents is 1. The Kier molecular flexibility index (Phi) is 3.52. The summed E-state index contributed by atoms with van der Waals surface area (Å²) in [6.07, 6.45) is 0. The summed E-state index contributed by atoms with van der Waals surface area (Å²) in [4.78, 5) is 10.6. The first-order valence-electron chi connectivity index (χ1n) is 5.86. The summed E-state index contributed by atoms with van der Waals surface area (Å²) < 4.78 is 14.1. The summed E-state index contributed by atoms with van der Waals surface area (Å²) in [7, 11) is 0. The number of rotatable bonds is 1. The fourth-order valence-electron chi connectivity index (χ4n) is 2.12. The number of nitro groups is 1. The Morgan fingerprint density at radius 3 is 1.89 bits per heavy atom. The standard InChI is InChI=1S/C14H19FNO2/c1-13(2,3)11-9(15)7-8-10(16(17)18)12(11)14(4,5)6/h7H,1-6H3. The van der Waals surface area contributed by atoms with Gasteiger partial charge in [0.15, 0.2) is 0 Å². The van der Waals surface area contributed by atoms with Gasteiger partial charge in [-0.15, -0.1) is 0 Å². The maximum absolute atomic E-state index is 14.1. The molecule has 4 heteroatoms. The zero-order chi connectivity index (χ0) is 14.3. The van der Waals surface area contributed by atoms with E-state index in [9.17, 15) is 14.5 Å². The molecule has 0 atom stereocenters. The van der Waals surface area contributed by atoms with Crippen LogP contribution in [0.2, 0.25) is 0 Å². The van der Waals surface area contributed by atoms with Gasteiger partial charge in [-0.1, -0.05) is 41.5 Å². The van der Waals surface area contributed by atoms with E-state index in [0.29, 0.717) is 11.1 Å². The summed E-state index contributed by atoms with van der Waals surface area (Å²) in [5.74, 6) is -0.432. The molecule has 0 saturated heterocycles. The van der Waals surface area contributed by atoms with Crippen LogP contribution in [0.25, 0.3) is 0 Å². The predicted octanol–water partition coefficient (Wildman–Crippen LogP) is 4.13. The second kappa shape index (κ2) is 4.34. The maximum Gasteiger partial charge on any atom is 0.281 e. The monoisotopic (exact) mass is 252 g/mol. The van der Waals surface area contributed by atoms with Crippen LogP contribution in [-0.4, -0.2) is 4.92 Å². The molecule has 0 saturated carbocycles. The Balaban J connectivity index is 3.79. The molecule has 0 aliphatic heterocycles. The Bertz CT molecular complexity index is 482. The fraction of sp³-hybridized carbons (Fsp3) is 0.571. The second-order valence-corrected chi connectivity index (χ2v) is 6.49. The Morgan fingerprint density at radius 1 is 1.11 bits per heavy atom. The molecule has 0 heterocycles. The lowest BCUT2D eigenvalue weighted by atomic mass is 9.74. The molecule has 0 aromatic heterocycles. The van der Waals surface area contributed by atoms with Crippen molar-refractivity contribution in [1.29, 1.82) is 0 Å². The lowest BCUT2D eigenvalue weighted by Gasteiger charge is -2.29. The highest BCUT2D eigenvalue weighted by Gasteiger charge is 2.35. The van der Waals surface area contributed by atoms with Crippen molar-refractivity contribution in [3.63, 3.8) is 0 Å².